The number of aromatic nitrogens is 2. The predicted molar refractivity (Wildman–Crippen MR) is 83.2 cm³/mol. The first kappa shape index (κ1) is 16.2. The van der Waals surface area contributed by atoms with Crippen LogP contribution in [0.25, 0.3) is 0 Å². The maximum absolute atomic E-state index is 12.8. The third-order valence-electron chi connectivity index (χ3n) is 3.41. The van der Waals surface area contributed by atoms with Gasteiger partial charge in [0.05, 0.1) is 31.3 Å². The molecule has 0 amide bonds. The summed E-state index contributed by atoms with van der Waals surface area (Å²) in [5.74, 6) is 0.992. The lowest BCUT2D eigenvalue weighted by molar-refractivity contribution is 0.395. The lowest BCUT2D eigenvalue weighted by Gasteiger charge is -2.22. The highest BCUT2D eigenvalue weighted by Crippen LogP contribution is 2.35. The van der Waals surface area contributed by atoms with Crippen molar-refractivity contribution in [2.75, 3.05) is 25.6 Å². The van der Waals surface area contributed by atoms with Crippen LogP contribution in [-0.2, 0) is 10.0 Å². The summed E-state index contributed by atoms with van der Waals surface area (Å²) in [7, 11) is 0.748. The minimum absolute atomic E-state index is 0.174. The summed E-state index contributed by atoms with van der Waals surface area (Å²) < 4.78 is 37.2. The average molecular weight is 325 g/mol. The summed E-state index contributed by atoms with van der Waals surface area (Å²) in [4.78, 5) is 0.174. The molecule has 0 fully saturated rings. The average Bonchev–Trinajstić information content (AvgIpc) is 2.85. The van der Waals surface area contributed by atoms with Crippen molar-refractivity contribution in [3.63, 3.8) is 0 Å². The number of hydrogen-bond acceptors (Lipinski definition) is 5. The van der Waals surface area contributed by atoms with Gasteiger partial charge in [0, 0.05) is 13.1 Å². The Morgan fingerprint density at radius 1 is 1.18 bits per heavy atom. The Kier molecular flexibility index (Phi) is 4.32. The molecule has 0 aliphatic carbocycles. The van der Waals surface area contributed by atoms with E-state index < -0.39 is 10.0 Å². The molecule has 7 nitrogen and oxygen atoms in total. The number of ether oxygens (including phenoxy) is 2. The van der Waals surface area contributed by atoms with Crippen LogP contribution in [0.15, 0.2) is 23.1 Å². The molecule has 0 aliphatic heterocycles. The molecule has 0 unspecified atom stereocenters. The highest BCUT2D eigenvalue weighted by atomic mass is 32.2. The molecular weight excluding hydrogens is 306 g/mol. The lowest BCUT2D eigenvalue weighted by Crippen LogP contribution is -2.27. The summed E-state index contributed by atoms with van der Waals surface area (Å²) in [6.45, 7) is 3.32. The van der Waals surface area contributed by atoms with Gasteiger partial charge in [-0.1, -0.05) is 0 Å². The first-order valence-corrected chi connectivity index (χ1v) is 7.99. The molecule has 1 aromatic carbocycles. The van der Waals surface area contributed by atoms with Crippen molar-refractivity contribution >= 4 is 15.7 Å². The highest BCUT2D eigenvalue weighted by molar-refractivity contribution is 7.92. The van der Waals surface area contributed by atoms with Crippen LogP contribution >= 0.6 is 0 Å². The van der Waals surface area contributed by atoms with Crippen LogP contribution in [0.2, 0.25) is 0 Å². The van der Waals surface area contributed by atoms with Gasteiger partial charge in [-0.15, -0.1) is 0 Å². The van der Waals surface area contributed by atoms with Gasteiger partial charge in [-0.05, 0) is 26.0 Å². The number of aromatic amines is 1. The molecule has 0 saturated heterocycles. The maximum Gasteiger partial charge on any atom is 0.267 e. The van der Waals surface area contributed by atoms with Crippen LogP contribution in [0.5, 0.6) is 11.5 Å². The van der Waals surface area contributed by atoms with E-state index in [2.05, 4.69) is 10.2 Å². The van der Waals surface area contributed by atoms with Crippen molar-refractivity contribution in [1.29, 1.82) is 0 Å². The van der Waals surface area contributed by atoms with Crippen molar-refractivity contribution in [2.24, 2.45) is 0 Å². The van der Waals surface area contributed by atoms with Gasteiger partial charge in [0.2, 0.25) is 0 Å². The Morgan fingerprint density at radius 3 is 2.36 bits per heavy atom. The van der Waals surface area contributed by atoms with Crippen LogP contribution in [0.4, 0.5) is 5.69 Å². The molecule has 0 bridgehead atoms. The van der Waals surface area contributed by atoms with Gasteiger partial charge in [-0.25, -0.2) is 8.42 Å². The van der Waals surface area contributed by atoms with E-state index in [-0.39, 0.29) is 4.90 Å². The number of H-pyrrole nitrogens is 1. The molecular formula is C14H19N3O4S. The highest BCUT2D eigenvalue weighted by Gasteiger charge is 2.29. The molecule has 0 aliphatic rings. The third-order valence-corrected chi connectivity index (χ3v) is 5.44. The third kappa shape index (κ3) is 2.61. The molecule has 2 aromatic rings. The molecule has 0 spiro atoms. The molecule has 1 N–H and O–H groups in total. The van der Waals surface area contributed by atoms with E-state index in [1.807, 2.05) is 0 Å². The molecule has 8 heteroatoms. The largest absolute Gasteiger partial charge is 0.497 e. The molecule has 0 radical (unpaired) electrons. The molecule has 120 valence electrons. The van der Waals surface area contributed by atoms with E-state index in [1.54, 1.807) is 32.0 Å². The zero-order valence-corrected chi connectivity index (χ0v) is 14.0. The van der Waals surface area contributed by atoms with Gasteiger partial charge in [0.1, 0.15) is 16.4 Å². The molecule has 1 aromatic heterocycles. The van der Waals surface area contributed by atoms with Crippen LogP contribution < -0.4 is 13.8 Å². The predicted octanol–water partition coefficient (Wildman–Crippen LogP) is 1.87. The number of nitrogens with zero attached hydrogens (tertiary/aromatic N) is 2. The van der Waals surface area contributed by atoms with Crippen molar-refractivity contribution in [2.45, 2.75) is 18.7 Å². The van der Waals surface area contributed by atoms with Crippen molar-refractivity contribution in [1.82, 2.24) is 10.2 Å². The van der Waals surface area contributed by atoms with Crippen molar-refractivity contribution in [3.8, 4) is 11.5 Å². The Labute approximate surface area is 129 Å². The number of hydrogen-bond donors (Lipinski definition) is 1. The number of sulfonamides is 1. The van der Waals surface area contributed by atoms with Gasteiger partial charge in [-0.3, -0.25) is 9.40 Å². The molecule has 0 saturated carbocycles. The fourth-order valence-electron chi connectivity index (χ4n) is 2.23. The van der Waals surface area contributed by atoms with E-state index >= 15 is 0 Å². The van der Waals surface area contributed by atoms with Gasteiger partial charge < -0.3 is 9.47 Å². The Bertz CT molecular complexity index is 764. The fourth-order valence-corrected chi connectivity index (χ4v) is 3.77. The molecule has 22 heavy (non-hydrogen) atoms. The maximum atomic E-state index is 12.8. The molecule has 1 heterocycles. The number of methoxy groups -OCH3 is 2. The summed E-state index contributed by atoms with van der Waals surface area (Å²) in [6.07, 6.45) is 0. The quantitative estimate of drug-likeness (QED) is 0.907. The van der Waals surface area contributed by atoms with Crippen LogP contribution in [0.1, 0.15) is 11.4 Å². The van der Waals surface area contributed by atoms with E-state index in [1.165, 1.54) is 25.6 Å². The first-order valence-electron chi connectivity index (χ1n) is 6.55. The van der Waals surface area contributed by atoms with E-state index in [0.717, 1.165) is 0 Å². The van der Waals surface area contributed by atoms with Crippen molar-refractivity contribution in [3.05, 3.63) is 29.6 Å². The normalized spacial score (nSPS) is 11.3. The van der Waals surface area contributed by atoms with E-state index in [4.69, 9.17) is 9.47 Å². The number of benzene rings is 1. The monoisotopic (exact) mass is 325 g/mol. The number of nitrogens with one attached hydrogen (secondary N) is 1. The minimum atomic E-state index is -3.74. The zero-order chi connectivity index (χ0) is 16.5. The number of anilines is 1. The summed E-state index contributed by atoms with van der Waals surface area (Å²) in [6, 6.07) is 4.95. The SMILES string of the molecule is COc1ccc(N(C)S(=O)(=O)c2c(C)n[nH]c2C)c(OC)c1. The topological polar surface area (TPSA) is 84.5 Å². The second kappa shape index (κ2) is 5.88. The molecule has 2 rings (SSSR count). The summed E-state index contributed by atoms with van der Waals surface area (Å²) >= 11 is 0. The zero-order valence-electron chi connectivity index (χ0n) is 13.2. The van der Waals surface area contributed by atoms with Crippen LogP contribution in [0.3, 0.4) is 0 Å². The Balaban J connectivity index is 2.54. The van der Waals surface area contributed by atoms with E-state index in [0.29, 0.717) is 28.6 Å². The van der Waals surface area contributed by atoms with E-state index in [9.17, 15) is 8.42 Å². The standard InChI is InChI=1S/C14H19N3O4S/c1-9-14(10(2)16-15-9)22(18,19)17(3)12-7-6-11(20-4)8-13(12)21-5/h6-8H,1-5H3,(H,15,16). The van der Waals surface area contributed by atoms with Crippen molar-refractivity contribution < 1.29 is 17.9 Å². The fraction of sp³-hybridized carbons (Fsp3) is 0.357. The number of aryl methyl sites for hydroxylation is 2. The Morgan fingerprint density at radius 2 is 1.86 bits per heavy atom. The minimum Gasteiger partial charge on any atom is -0.497 e. The second-order valence-electron chi connectivity index (χ2n) is 4.77. The van der Waals surface area contributed by atoms with Gasteiger partial charge in [-0.2, -0.15) is 5.10 Å². The van der Waals surface area contributed by atoms with Gasteiger partial charge in [0.15, 0.2) is 0 Å². The van der Waals surface area contributed by atoms with Gasteiger partial charge >= 0.3 is 0 Å². The first-order chi connectivity index (χ1) is 10.3. The smallest absolute Gasteiger partial charge is 0.267 e. The summed E-state index contributed by atoms with van der Waals surface area (Å²) in [5.41, 5.74) is 1.34. The van der Waals surface area contributed by atoms with Gasteiger partial charge in [0.25, 0.3) is 10.0 Å². The van der Waals surface area contributed by atoms with Crippen LogP contribution in [-0.4, -0.2) is 39.9 Å². The second-order valence-corrected chi connectivity index (χ2v) is 6.68. The molecule has 0 atom stereocenters. The van der Waals surface area contributed by atoms with Crippen LogP contribution in [0, 0.1) is 13.8 Å². The lowest BCUT2D eigenvalue weighted by atomic mass is 10.3. The number of rotatable bonds is 5. The Hall–Kier alpha value is -2.22. The summed E-state index contributed by atoms with van der Waals surface area (Å²) in [5, 5.41) is 6.64.